The van der Waals surface area contributed by atoms with Crippen LogP contribution in [-0.2, 0) is 4.74 Å². The van der Waals surface area contributed by atoms with E-state index in [2.05, 4.69) is 19.1 Å². The molecule has 0 aromatic rings. The van der Waals surface area contributed by atoms with E-state index in [0.29, 0.717) is 6.10 Å². The lowest BCUT2D eigenvalue weighted by molar-refractivity contribution is 0.0405. The quantitative estimate of drug-likeness (QED) is 0.640. The third-order valence-corrected chi connectivity index (χ3v) is 5.18. The van der Waals surface area contributed by atoms with Gasteiger partial charge in [0.1, 0.15) is 0 Å². The molecule has 2 aliphatic rings. The number of allylic oxidation sites excluding steroid dienone is 2. The summed E-state index contributed by atoms with van der Waals surface area (Å²) in [4.78, 5) is 0. The molecule has 0 radical (unpaired) electrons. The molecule has 0 aromatic heterocycles. The largest absolute Gasteiger partial charge is 0.381 e. The first-order chi connectivity index (χ1) is 8.83. The Bertz CT molecular complexity index is 242. The van der Waals surface area contributed by atoms with Gasteiger partial charge < -0.3 is 4.74 Å². The molecule has 2 saturated carbocycles. The summed E-state index contributed by atoms with van der Waals surface area (Å²) in [5.74, 6) is 2.91. The number of hydrogen-bond acceptors (Lipinski definition) is 1. The Morgan fingerprint density at radius 1 is 0.889 bits per heavy atom. The van der Waals surface area contributed by atoms with Crippen molar-refractivity contribution in [1.82, 2.24) is 0 Å². The molecule has 1 heteroatoms. The molecule has 2 fully saturated rings. The van der Waals surface area contributed by atoms with E-state index >= 15 is 0 Å². The van der Waals surface area contributed by atoms with Crippen LogP contribution in [0.5, 0.6) is 0 Å². The fraction of sp³-hybridized carbons (Fsp3) is 0.882. The fourth-order valence-electron chi connectivity index (χ4n) is 3.93. The first-order valence-electron chi connectivity index (χ1n) is 8.03. The lowest BCUT2D eigenvalue weighted by atomic mass is 9.70. The van der Waals surface area contributed by atoms with Crippen molar-refractivity contribution in [3.05, 3.63) is 12.2 Å². The number of rotatable bonds is 4. The molecule has 0 aliphatic heterocycles. The van der Waals surface area contributed by atoms with Crippen LogP contribution in [0.4, 0.5) is 0 Å². The topological polar surface area (TPSA) is 9.23 Å². The van der Waals surface area contributed by atoms with Crippen LogP contribution >= 0.6 is 0 Å². The Morgan fingerprint density at radius 2 is 1.44 bits per heavy atom. The molecule has 104 valence electrons. The minimum absolute atomic E-state index is 0.560. The summed E-state index contributed by atoms with van der Waals surface area (Å²) < 4.78 is 5.48. The fourth-order valence-corrected chi connectivity index (χ4v) is 3.93. The molecule has 0 N–H and O–H groups in total. The molecule has 0 bridgehead atoms. The summed E-state index contributed by atoms with van der Waals surface area (Å²) in [5, 5.41) is 0. The third kappa shape index (κ3) is 3.85. The first kappa shape index (κ1) is 14.1. The van der Waals surface area contributed by atoms with Gasteiger partial charge in [-0.15, -0.1) is 0 Å². The molecular weight excluding hydrogens is 220 g/mol. The number of methoxy groups -OCH3 is 1. The van der Waals surface area contributed by atoms with Crippen LogP contribution in [0.15, 0.2) is 12.2 Å². The average Bonchev–Trinajstić information content (AvgIpc) is 2.46. The smallest absolute Gasteiger partial charge is 0.0571 e. The van der Waals surface area contributed by atoms with Gasteiger partial charge in [-0.25, -0.2) is 0 Å². The third-order valence-electron chi connectivity index (χ3n) is 5.18. The first-order valence-corrected chi connectivity index (χ1v) is 8.03. The van der Waals surface area contributed by atoms with E-state index in [-0.39, 0.29) is 0 Å². The van der Waals surface area contributed by atoms with Crippen LogP contribution in [0, 0.1) is 17.8 Å². The van der Waals surface area contributed by atoms with E-state index in [1.165, 1.54) is 57.8 Å². The lowest BCUT2D eigenvalue weighted by Crippen LogP contribution is -2.27. The highest BCUT2D eigenvalue weighted by Gasteiger charge is 2.30. The van der Waals surface area contributed by atoms with E-state index in [9.17, 15) is 0 Å². The van der Waals surface area contributed by atoms with Crippen molar-refractivity contribution in [3.8, 4) is 0 Å². The molecule has 0 amide bonds. The van der Waals surface area contributed by atoms with Gasteiger partial charge in [0.2, 0.25) is 0 Å². The highest BCUT2D eigenvalue weighted by atomic mass is 16.5. The Balaban J connectivity index is 1.71. The monoisotopic (exact) mass is 250 g/mol. The molecule has 0 aromatic carbocycles. The van der Waals surface area contributed by atoms with E-state index in [1.54, 1.807) is 0 Å². The van der Waals surface area contributed by atoms with Crippen LogP contribution in [0.1, 0.15) is 64.7 Å². The summed E-state index contributed by atoms with van der Waals surface area (Å²) in [6.45, 7) is 2.23. The van der Waals surface area contributed by atoms with Crippen molar-refractivity contribution in [2.75, 3.05) is 7.11 Å². The highest BCUT2D eigenvalue weighted by molar-refractivity contribution is 4.92. The van der Waals surface area contributed by atoms with E-state index in [4.69, 9.17) is 4.74 Å². The molecule has 1 nitrogen and oxygen atoms in total. The van der Waals surface area contributed by atoms with Gasteiger partial charge in [0, 0.05) is 7.11 Å². The Kier molecular flexibility index (Phi) is 5.75. The minimum Gasteiger partial charge on any atom is -0.381 e. The lowest BCUT2D eigenvalue weighted by Gasteiger charge is -2.37. The van der Waals surface area contributed by atoms with Crippen LogP contribution in [-0.4, -0.2) is 13.2 Å². The molecule has 2 rings (SSSR count). The average molecular weight is 250 g/mol. The summed E-state index contributed by atoms with van der Waals surface area (Å²) in [6.07, 6.45) is 17.8. The predicted octanol–water partition coefficient (Wildman–Crippen LogP) is 4.96. The number of ether oxygens (including phenoxy) is 1. The van der Waals surface area contributed by atoms with E-state index in [0.717, 1.165) is 17.8 Å². The molecule has 0 spiro atoms. The summed E-state index contributed by atoms with van der Waals surface area (Å²) in [5.41, 5.74) is 0. The zero-order valence-electron chi connectivity index (χ0n) is 12.2. The van der Waals surface area contributed by atoms with Crippen molar-refractivity contribution in [2.24, 2.45) is 17.8 Å². The van der Waals surface area contributed by atoms with Crippen molar-refractivity contribution in [1.29, 1.82) is 0 Å². The second kappa shape index (κ2) is 7.33. The standard InChI is InChI=1S/C17H30O/c1-3-4-5-14-6-8-15(9-7-14)16-10-12-17(18-2)13-11-16/h4-5,14-17H,3,6-13H2,1-2H3/b5-4+/t14-,15-,16?,17?. The van der Waals surface area contributed by atoms with Gasteiger partial charge in [-0.2, -0.15) is 0 Å². The van der Waals surface area contributed by atoms with Gasteiger partial charge in [-0.3, -0.25) is 0 Å². The second-order valence-electron chi connectivity index (χ2n) is 6.28. The highest BCUT2D eigenvalue weighted by Crippen LogP contribution is 2.40. The van der Waals surface area contributed by atoms with E-state index in [1.807, 2.05) is 7.11 Å². The molecular formula is C17H30O. The van der Waals surface area contributed by atoms with Crippen molar-refractivity contribution < 1.29 is 4.74 Å². The maximum absolute atomic E-state index is 5.48. The van der Waals surface area contributed by atoms with Crippen molar-refractivity contribution >= 4 is 0 Å². The van der Waals surface area contributed by atoms with Gasteiger partial charge >= 0.3 is 0 Å². The van der Waals surface area contributed by atoms with Crippen molar-refractivity contribution in [3.63, 3.8) is 0 Å². The Labute approximate surface area is 113 Å². The zero-order chi connectivity index (χ0) is 12.8. The van der Waals surface area contributed by atoms with Crippen LogP contribution in [0.3, 0.4) is 0 Å². The normalized spacial score (nSPS) is 38.1. The maximum atomic E-state index is 5.48. The molecule has 0 saturated heterocycles. The summed E-state index contributed by atoms with van der Waals surface area (Å²) >= 11 is 0. The van der Waals surface area contributed by atoms with Crippen molar-refractivity contribution in [2.45, 2.75) is 70.8 Å². The van der Waals surface area contributed by atoms with Crippen LogP contribution in [0.2, 0.25) is 0 Å². The van der Waals surface area contributed by atoms with Crippen LogP contribution < -0.4 is 0 Å². The van der Waals surface area contributed by atoms with Gasteiger partial charge in [0.25, 0.3) is 0 Å². The molecule has 0 unspecified atom stereocenters. The van der Waals surface area contributed by atoms with E-state index < -0.39 is 0 Å². The maximum Gasteiger partial charge on any atom is 0.0571 e. The van der Waals surface area contributed by atoms with Gasteiger partial charge in [-0.05, 0) is 75.5 Å². The van der Waals surface area contributed by atoms with Crippen LogP contribution in [0.25, 0.3) is 0 Å². The molecule has 0 heterocycles. The van der Waals surface area contributed by atoms with Gasteiger partial charge in [-0.1, -0.05) is 19.1 Å². The molecule has 18 heavy (non-hydrogen) atoms. The van der Waals surface area contributed by atoms with Gasteiger partial charge in [0.05, 0.1) is 6.10 Å². The second-order valence-corrected chi connectivity index (χ2v) is 6.28. The summed E-state index contributed by atoms with van der Waals surface area (Å²) in [7, 11) is 1.87. The van der Waals surface area contributed by atoms with Gasteiger partial charge in [0.15, 0.2) is 0 Å². The zero-order valence-corrected chi connectivity index (χ0v) is 12.2. The Hall–Kier alpha value is -0.300. The minimum atomic E-state index is 0.560. The summed E-state index contributed by atoms with van der Waals surface area (Å²) in [6, 6.07) is 0. The Morgan fingerprint density at radius 3 is 1.94 bits per heavy atom. The molecule has 2 aliphatic carbocycles. The molecule has 0 atom stereocenters. The number of hydrogen-bond donors (Lipinski definition) is 0. The predicted molar refractivity (Wildman–Crippen MR) is 77.6 cm³/mol. The SMILES string of the molecule is CC/C=C/[C@H]1CC[C@H](C2CCC(OC)CC2)CC1.